The van der Waals surface area contributed by atoms with Gasteiger partial charge in [-0.1, -0.05) is 24.3 Å². The average molecular weight is 461 g/mol. The van der Waals surface area contributed by atoms with E-state index >= 15 is 0 Å². The van der Waals surface area contributed by atoms with Gasteiger partial charge in [0, 0.05) is 6.54 Å². The zero-order chi connectivity index (χ0) is 24.0. The first-order chi connectivity index (χ1) is 15.6. The van der Waals surface area contributed by atoms with Crippen molar-refractivity contribution in [2.24, 2.45) is 0 Å². The van der Waals surface area contributed by atoms with Crippen LogP contribution in [0, 0.1) is 0 Å². The Kier molecular flexibility index (Phi) is 7.37. The van der Waals surface area contributed by atoms with E-state index in [1.165, 1.54) is 30.3 Å². The van der Waals surface area contributed by atoms with E-state index in [2.05, 4.69) is 15.3 Å². The lowest BCUT2D eigenvalue weighted by Gasteiger charge is -2.11. The lowest BCUT2D eigenvalue weighted by atomic mass is 10.0. The molecule has 6 nitrogen and oxygen atoms in total. The van der Waals surface area contributed by atoms with Gasteiger partial charge in [0.15, 0.2) is 0 Å². The van der Waals surface area contributed by atoms with Crippen LogP contribution in [0.15, 0.2) is 60.9 Å². The highest BCUT2D eigenvalue weighted by atomic mass is 19.4. The van der Waals surface area contributed by atoms with Crippen molar-refractivity contribution in [2.45, 2.75) is 31.7 Å². The van der Waals surface area contributed by atoms with Crippen LogP contribution in [-0.4, -0.2) is 27.0 Å². The number of halogens is 4. The number of hydrogen-bond acceptors (Lipinski definition) is 4. The Labute approximate surface area is 186 Å². The molecule has 0 bridgehead atoms. The van der Waals surface area contributed by atoms with Crippen molar-refractivity contribution in [1.82, 2.24) is 15.3 Å². The van der Waals surface area contributed by atoms with E-state index in [-0.39, 0.29) is 35.5 Å². The number of nitrogens with zero attached hydrogens (tertiary/aromatic N) is 2. The van der Waals surface area contributed by atoms with E-state index in [9.17, 15) is 27.2 Å². The average Bonchev–Trinajstić information content (AvgIpc) is 2.81. The molecule has 0 saturated heterocycles. The van der Waals surface area contributed by atoms with E-state index in [1.54, 1.807) is 12.1 Å². The highest BCUT2D eigenvalue weighted by molar-refractivity contribution is 5.92. The lowest BCUT2D eigenvalue weighted by molar-refractivity contribution is -0.137. The summed E-state index contributed by atoms with van der Waals surface area (Å²) in [6, 6.07) is 11.8. The molecule has 1 aromatic heterocycles. The summed E-state index contributed by atoms with van der Waals surface area (Å²) in [5.74, 6) is -1.72. The third-order valence-corrected chi connectivity index (χ3v) is 4.84. The molecule has 1 heterocycles. The van der Waals surface area contributed by atoms with Crippen LogP contribution in [0.1, 0.15) is 55.8 Å². The van der Waals surface area contributed by atoms with E-state index < -0.39 is 29.8 Å². The van der Waals surface area contributed by atoms with Crippen LogP contribution in [0.2, 0.25) is 0 Å². The Morgan fingerprint density at radius 1 is 1.00 bits per heavy atom. The third-order valence-electron chi connectivity index (χ3n) is 4.84. The highest BCUT2D eigenvalue weighted by Crippen LogP contribution is 2.29. The molecular formula is C23H19F4N3O3. The Hall–Kier alpha value is -3.82. The zero-order valence-corrected chi connectivity index (χ0v) is 17.1. The SMILES string of the molecule is O=C(O)c1ccc(CCC(F)c2cc(C(=O)NCc3cccc(C(F)(F)F)c3)ncn2)cc1. The maximum absolute atomic E-state index is 14.7. The summed E-state index contributed by atoms with van der Waals surface area (Å²) >= 11 is 0. The number of alkyl halides is 4. The summed E-state index contributed by atoms with van der Waals surface area (Å²) in [6.45, 7) is -0.159. The summed E-state index contributed by atoms with van der Waals surface area (Å²) in [4.78, 5) is 30.9. The van der Waals surface area contributed by atoms with Gasteiger partial charge in [0.25, 0.3) is 5.91 Å². The molecule has 3 aromatic rings. The number of nitrogens with one attached hydrogen (secondary N) is 1. The molecule has 0 saturated carbocycles. The number of carboxylic acids is 1. The largest absolute Gasteiger partial charge is 0.478 e. The Morgan fingerprint density at radius 2 is 1.73 bits per heavy atom. The van der Waals surface area contributed by atoms with Gasteiger partial charge in [0.05, 0.1) is 16.8 Å². The van der Waals surface area contributed by atoms with Crippen molar-refractivity contribution < 1.29 is 32.3 Å². The summed E-state index contributed by atoms with van der Waals surface area (Å²) in [7, 11) is 0. The second-order valence-electron chi connectivity index (χ2n) is 7.22. The molecule has 0 radical (unpaired) electrons. The van der Waals surface area contributed by atoms with Gasteiger partial charge in [0.2, 0.25) is 0 Å². The van der Waals surface area contributed by atoms with Crippen LogP contribution in [-0.2, 0) is 19.1 Å². The molecule has 33 heavy (non-hydrogen) atoms. The fourth-order valence-electron chi connectivity index (χ4n) is 3.05. The van der Waals surface area contributed by atoms with Crippen LogP contribution in [0.3, 0.4) is 0 Å². The second kappa shape index (κ2) is 10.2. The Balaban J connectivity index is 1.59. The molecule has 0 fully saturated rings. The number of aryl methyl sites for hydroxylation is 1. The van der Waals surface area contributed by atoms with Crippen LogP contribution >= 0.6 is 0 Å². The maximum Gasteiger partial charge on any atom is 0.416 e. The van der Waals surface area contributed by atoms with Gasteiger partial charge in [-0.2, -0.15) is 13.2 Å². The van der Waals surface area contributed by atoms with Crippen molar-refractivity contribution in [3.63, 3.8) is 0 Å². The van der Waals surface area contributed by atoms with Gasteiger partial charge in [-0.15, -0.1) is 0 Å². The monoisotopic (exact) mass is 461 g/mol. The summed E-state index contributed by atoms with van der Waals surface area (Å²) < 4.78 is 53.1. The molecule has 0 aliphatic rings. The van der Waals surface area contributed by atoms with E-state index in [1.807, 2.05) is 0 Å². The van der Waals surface area contributed by atoms with Crippen LogP contribution in [0.5, 0.6) is 0 Å². The summed E-state index contributed by atoms with van der Waals surface area (Å²) in [5.41, 5.74) is 0.195. The number of aromatic carboxylic acids is 1. The molecule has 0 aliphatic heterocycles. The van der Waals surface area contributed by atoms with E-state index in [4.69, 9.17) is 5.11 Å². The number of amides is 1. The quantitative estimate of drug-likeness (QED) is 0.472. The molecule has 3 rings (SSSR count). The number of aromatic nitrogens is 2. The van der Waals surface area contributed by atoms with Gasteiger partial charge in [-0.25, -0.2) is 19.2 Å². The molecule has 1 amide bonds. The van der Waals surface area contributed by atoms with E-state index in [0.717, 1.165) is 24.0 Å². The van der Waals surface area contributed by atoms with Gasteiger partial charge in [-0.05, 0) is 54.3 Å². The predicted molar refractivity (Wildman–Crippen MR) is 110 cm³/mol. The summed E-state index contributed by atoms with van der Waals surface area (Å²) in [6.07, 6.45) is -4.57. The second-order valence-corrected chi connectivity index (χ2v) is 7.22. The number of hydrogen-bond donors (Lipinski definition) is 2. The standard InChI is InChI=1S/C23H19F4N3O3/c24-18(9-6-14-4-7-16(8-5-14)22(32)33)19-11-20(30-13-29-19)21(31)28-12-15-2-1-3-17(10-15)23(25,26)27/h1-5,7-8,10-11,13,18H,6,9,12H2,(H,28,31)(H,32,33). The number of carboxylic acid groups (broad SMARTS) is 1. The van der Waals surface area contributed by atoms with Crippen molar-refractivity contribution in [1.29, 1.82) is 0 Å². The minimum atomic E-state index is -4.49. The van der Waals surface area contributed by atoms with Crippen LogP contribution < -0.4 is 5.32 Å². The van der Waals surface area contributed by atoms with E-state index in [0.29, 0.717) is 6.42 Å². The van der Waals surface area contributed by atoms with Gasteiger partial charge in [0.1, 0.15) is 18.2 Å². The number of carbonyl (C=O) groups excluding carboxylic acids is 1. The first-order valence-electron chi connectivity index (χ1n) is 9.86. The van der Waals surface area contributed by atoms with Crippen molar-refractivity contribution >= 4 is 11.9 Å². The number of rotatable bonds is 8. The molecule has 1 unspecified atom stereocenters. The van der Waals surface area contributed by atoms with Crippen molar-refractivity contribution in [2.75, 3.05) is 0 Å². The molecule has 1 atom stereocenters. The minimum absolute atomic E-state index is 0.00336. The molecule has 10 heteroatoms. The van der Waals surface area contributed by atoms with Crippen LogP contribution in [0.25, 0.3) is 0 Å². The Bertz CT molecular complexity index is 1130. The third kappa shape index (κ3) is 6.58. The first kappa shape index (κ1) is 23.8. The fraction of sp³-hybridized carbons (Fsp3) is 0.217. The lowest BCUT2D eigenvalue weighted by Crippen LogP contribution is -2.24. The van der Waals surface area contributed by atoms with Crippen molar-refractivity contribution in [3.8, 4) is 0 Å². The zero-order valence-electron chi connectivity index (χ0n) is 17.1. The molecule has 2 aromatic carbocycles. The first-order valence-corrected chi connectivity index (χ1v) is 9.86. The molecule has 0 spiro atoms. The van der Waals surface area contributed by atoms with Gasteiger partial charge < -0.3 is 10.4 Å². The smallest absolute Gasteiger partial charge is 0.416 e. The van der Waals surface area contributed by atoms with Gasteiger partial charge in [-0.3, -0.25) is 4.79 Å². The molecule has 0 aliphatic carbocycles. The Morgan fingerprint density at radius 3 is 2.39 bits per heavy atom. The van der Waals surface area contributed by atoms with Crippen LogP contribution in [0.4, 0.5) is 17.6 Å². The maximum atomic E-state index is 14.7. The van der Waals surface area contributed by atoms with Gasteiger partial charge >= 0.3 is 12.1 Å². The number of benzene rings is 2. The normalized spacial score (nSPS) is 12.2. The highest BCUT2D eigenvalue weighted by Gasteiger charge is 2.30. The topological polar surface area (TPSA) is 92.2 Å². The fourth-order valence-corrected chi connectivity index (χ4v) is 3.05. The molecular weight excluding hydrogens is 442 g/mol. The molecule has 2 N–H and O–H groups in total. The molecule has 172 valence electrons. The minimum Gasteiger partial charge on any atom is -0.478 e. The summed E-state index contributed by atoms with van der Waals surface area (Å²) in [5, 5.41) is 11.4. The predicted octanol–water partition coefficient (Wildman–Crippen LogP) is 4.77. The number of carbonyl (C=O) groups is 2. The van der Waals surface area contributed by atoms with Crippen molar-refractivity contribution in [3.05, 3.63) is 94.6 Å².